The van der Waals surface area contributed by atoms with Gasteiger partial charge in [0.1, 0.15) is 0 Å². The molecule has 0 bridgehead atoms. The highest BCUT2D eigenvalue weighted by atomic mass is 32.1. The lowest BCUT2D eigenvalue weighted by atomic mass is 9.91. The molecule has 1 aliphatic rings. The molecule has 5 heteroatoms. The van der Waals surface area contributed by atoms with Crippen LogP contribution in [0.1, 0.15) is 38.1 Å². The zero-order valence-electron chi connectivity index (χ0n) is 15.0. The van der Waals surface area contributed by atoms with E-state index in [2.05, 4.69) is 28.8 Å². The van der Waals surface area contributed by atoms with Gasteiger partial charge in [-0.1, -0.05) is 30.3 Å². The van der Waals surface area contributed by atoms with Crippen LogP contribution in [0.4, 0.5) is 5.69 Å². The number of thiophene rings is 1. The molecule has 0 saturated heterocycles. The second-order valence-electron chi connectivity index (χ2n) is 6.52. The monoisotopic (exact) mass is 376 g/mol. The van der Waals surface area contributed by atoms with E-state index in [1.165, 1.54) is 32.9 Å². The maximum atomic E-state index is 12.7. The molecule has 0 unspecified atom stereocenters. The van der Waals surface area contributed by atoms with Crippen LogP contribution < -0.4 is 10.6 Å². The predicted octanol–water partition coefficient (Wildman–Crippen LogP) is 4.52. The lowest BCUT2D eigenvalue weighted by molar-refractivity contribution is 0.0954. The number of rotatable bonds is 4. The van der Waals surface area contributed by atoms with Crippen LogP contribution in [0.2, 0.25) is 0 Å². The Morgan fingerprint density at radius 3 is 2.63 bits per heavy atom. The number of nitrogens with one attached hydrogen (secondary N) is 2. The fourth-order valence-electron chi connectivity index (χ4n) is 3.38. The van der Waals surface area contributed by atoms with Gasteiger partial charge in [-0.3, -0.25) is 9.59 Å². The van der Waals surface area contributed by atoms with E-state index >= 15 is 0 Å². The minimum absolute atomic E-state index is 0.139. The van der Waals surface area contributed by atoms with Gasteiger partial charge < -0.3 is 10.6 Å². The molecule has 0 atom stereocenters. The first-order valence-corrected chi connectivity index (χ1v) is 9.88. The number of anilines is 1. The molecule has 0 radical (unpaired) electrons. The number of hydrogen-bond acceptors (Lipinski definition) is 3. The first-order chi connectivity index (χ1) is 13.2. The van der Waals surface area contributed by atoms with Gasteiger partial charge in [-0.05, 0) is 60.7 Å². The summed E-state index contributed by atoms with van der Waals surface area (Å²) in [5.41, 5.74) is 4.97. The number of carbonyl (C=O) groups excluding carboxylic acids is 2. The van der Waals surface area contributed by atoms with Crippen LogP contribution in [0.15, 0.2) is 54.6 Å². The van der Waals surface area contributed by atoms with Crippen LogP contribution in [-0.2, 0) is 12.8 Å². The number of aryl methyl sites for hydroxylation is 2. The SMILES string of the molecule is CCNC(=O)c1cccc(NC(=O)c2cc3c(s2)-c2ccccc2CC3)c1. The highest BCUT2D eigenvalue weighted by molar-refractivity contribution is 7.17. The lowest BCUT2D eigenvalue weighted by Gasteiger charge is -2.15. The third-order valence-electron chi connectivity index (χ3n) is 4.68. The Hall–Kier alpha value is -2.92. The van der Waals surface area contributed by atoms with Gasteiger partial charge in [-0.15, -0.1) is 11.3 Å². The summed E-state index contributed by atoms with van der Waals surface area (Å²) in [5, 5.41) is 5.69. The molecule has 1 aliphatic carbocycles. The normalized spacial score (nSPS) is 12.0. The van der Waals surface area contributed by atoms with E-state index < -0.39 is 0 Å². The van der Waals surface area contributed by atoms with Crippen LogP contribution in [0.25, 0.3) is 10.4 Å². The van der Waals surface area contributed by atoms with Gasteiger partial charge in [-0.2, -0.15) is 0 Å². The van der Waals surface area contributed by atoms with Crippen LogP contribution in [0.3, 0.4) is 0 Å². The largest absolute Gasteiger partial charge is 0.352 e. The molecule has 27 heavy (non-hydrogen) atoms. The molecule has 2 amide bonds. The van der Waals surface area contributed by atoms with Crippen LogP contribution in [0, 0.1) is 0 Å². The van der Waals surface area contributed by atoms with Crippen molar-refractivity contribution in [2.75, 3.05) is 11.9 Å². The Morgan fingerprint density at radius 2 is 1.78 bits per heavy atom. The fourth-order valence-corrected chi connectivity index (χ4v) is 4.54. The standard InChI is InChI=1S/C22H20N2O2S/c1-2-23-21(25)16-7-5-8-17(12-16)24-22(26)19-13-15-11-10-14-6-3-4-9-18(14)20(15)27-19/h3-9,12-13H,2,10-11H2,1H3,(H,23,25)(H,24,26). The van der Waals surface area contributed by atoms with Crippen molar-refractivity contribution < 1.29 is 9.59 Å². The van der Waals surface area contributed by atoms with E-state index in [0.717, 1.165) is 12.8 Å². The zero-order chi connectivity index (χ0) is 18.8. The fraction of sp³-hybridized carbons (Fsp3) is 0.182. The second kappa shape index (κ2) is 7.37. The number of benzene rings is 2. The van der Waals surface area contributed by atoms with Crippen molar-refractivity contribution in [3.63, 3.8) is 0 Å². The Kier molecular flexibility index (Phi) is 4.77. The Balaban J connectivity index is 1.56. The Labute approximate surface area is 162 Å². The summed E-state index contributed by atoms with van der Waals surface area (Å²) < 4.78 is 0. The minimum Gasteiger partial charge on any atom is -0.352 e. The molecule has 0 saturated carbocycles. The van der Waals surface area contributed by atoms with Crippen LogP contribution >= 0.6 is 11.3 Å². The Bertz CT molecular complexity index is 1020. The van der Waals surface area contributed by atoms with Crippen molar-refractivity contribution in [2.45, 2.75) is 19.8 Å². The molecule has 2 aromatic carbocycles. The number of amides is 2. The molecule has 1 heterocycles. The molecule has 1 aromatic heterocycles. The first-order valence-electron chi connectivity index (χ1n) is 9.06. The molecule has 0 fully saturated rings. The van der Waals surface area contributed by atoms with Crippen molar-refractivity contribution in [2.24, 2.45) is 0 Å². The molecule has 2 N–H and O–H groups in total. The second-order valence-corrected chi connectivity index (χ2v) is 7.57. The molecular weight excluding hydrogens is 356 g/mol. The van der Waals surface area contributed by atoms with Gasteiger partial charge in [-0.25, -0.2) is 0 Å². The van der Waals surface area contributed by atoms with Gasteiger partial charge in [0, 0.05) is 22.7 Å². The summed E-state index contributed by atoms with van der Waals surface area (Å²) in [6.07, 6.45) is 1.97. The summed E-state index contributed by atoms with van der Waals surface area (Å²) in [5.74, 6) is -0.281. The molecular formula is C22H20N2O2S. The number of carbonyl (C=O) groups is 2. The summed E-state index contributed by atoms with van der Waals surface area (Å²) in [4.78, 5) is 26.6. The smallest absolute Gasteiger partial charge is 0.265 e. The van der Waals surface area contributed by atoms with Crippen molar-refractivity contribution in [1.82, 2.24) is 5.32 Å². The number of fused-ring (bicyclic) bond motifs is 3. The number of hydrogen-bond donors (Lipinski definition) is 2. The third kappa shape index (κ3) is 3.51. The van der Waals surface area contributed by atoms with E-state index in [1.54, 1.807) is 24.3 Å². The van der Waals surface area contributed by atoms with E-state index in [9.17, 15) is 9.59 Å². The van der Waals surface area contributed by atoms with Crippen molar-refractivity contribution in [1.29, 1.82) is 0 Å². The van der Waals surface area contributed by atoms with Crippen LogP contribution in [0.5, 0.6) is 0 Å². The lowest BCUT2D eigenvalue weighted by Crippen LogP contribution is -2.22. The minimum atomic E-state index is -0.142. The Morgan fingerprint density at radius 1 is 0.963 bits per heavy atom. The van der Waals surface area contributed by atoms with Crippen molar-refractivity contribution in [3.05, 3.63) is 76.2 Å². The van der Waals surface area contributed by atoms with E-state index in [0.29, 0.717) is 22.7 Å². The van der Waals surface area contributed by atoms with E-state index in [1.807, 2.05) is 19.1 Å². The summed E-state index contributed by atoms with van der Waals surface area (Å²) in [6.45, 7) is 2.44. The zero-order valence-corrected chi connectivity index (χ0v) is 15.9. The maximum Gasteiger partial charge on any atom is 0.265 e. The molecule has 136 valence electrons. The van der Waals surface area contributed by atoms with Gasteiger partial charge in [0.05, 0.1) is 4.88 Å². The summed E-state index contributed by atoms with van der Waals surface area (Å²) >= 11 is 1.53. The third-order valence-corrected chi connectivity index (χ3v) is 5.89. The van der Waals surface area contributed by atoms with Gasteiger partial charge >= 0.3 is 0 Å². The summed E-state index contributed by atoms with van der Waals surface area (Å²) in [6, 6.07) is 17.4. The first kappa shape index (κ1) is 17.5. The molecule has 4 nitrogen and oxygen atoms in total. The van der Waals surface area contributed by atoms with Gasteiger partial charge in [0.25, 0.3) is 11.8 Å². The maximum absolute atomic E-state index is 12.7. The molecule has 0 spiro atoms. The highest BCUT2D eigenvalue weighted by Crippen LogP contribution is 2.39. The quantitative estimate of drug-likeness (QED) is 0.704. The average molecular weight is 376 g/mol. The topological polar surface area (TPSA) is 58.2 Å². The van der Waals surface area contributed by atoms with Gasteiger partial charge in [0.15, 0.2) is 0 Å². The van der Waals surface area contributed by atoms with Gasteiger partial charge in [0.2, 0.25) is 0 Å². The van der Waals surface area contributed by atoms with E-state index in [-0.39, 0.29) is 11.8 Å². The molecule has 0 aliphatic heterocycles. The predicted molar refractivity (Wildman–Crippen MR) is 110 cm³/mol. The average Bonchev–Trinajstić information content (AvgIpc) is 3.13. The molecule has 4 rings (SSSR count). The van der Waals surface area contributed by atoms with Crippen LogP contribution in [-0.4, -0.2) is 18.4 Å². The highest BCUT2D eigenvalue weighted by Gasteiger charge is 2.21. The van der Waals surface area contributed by atoms with E-state index in [4.69, 9.17) is 0 Å². The molecule has 3 aromatic rings. The van der Waals surface area contributed by atoms with Crippen molar-refractivity contribution >= 4 is 28.8 Å². The van der Waals surface area contributed by atoms with Crippen molar-refractivity contribution in [3.8, 4) is 10.4 Å². The summed E-state index contributed by atoms with van der Waals surface area (Å²) in [7, 11) is 0.